The Hall–Kier alpha value is -3.12. The van der Waals surface area contributed by atoms with Gasteiger partial charge in [0, 0.05) is 48.8 Å². The summed E-state index contributed by atoms with van der Waals surface area (Å²) in [6.45, 7) is 8.55. The summed E-state index contributed by atoms with van der Waals surface area (Å²) >= 11 is 6.46. The van der Waals surface area contributed by atoms with Gasteiger partial charge >= 0.3 is 6.03 Å². The molecule has 12 heteroatoms. The largest absolute Gasteiger partial charge is 0.490 e. The molecule has 10 nitrogen and oxygen atoms in total. The molecule has 2 unspecified atom stereocenters. The summed E-state index contributed by atoms with van der Waals surface area (Å²) in [6, 6.07) is 10.9. The lowest BCUT2D eigenvalue weighted by Gasteiger charge is -2.46. The summed E-state index contributed by atoms with van der Waals surface area (Å²) in [4.78, 5) is 29.6. The fourth-order valence-electron chi connectivity index (χ4n) is 9.28. The highest BCUT2D eigenvalue weighted by Gasteiger charge is 2.45. The van der Waals surface area contributed by atoms with Gasteiger partial charge in [-0.25, -0.2) is 9.00 Å². The van der Waals surface area contributed by atoms with Crippen molar-refractivity contribution in [2.24, 2.45) is 22.1 Å². The number of hydrogen-bond donors (Lipinski definition) is 2. The van der Waals surface area contributed by atoms with Crippen LogP contribution in [0.4, 0.5) is 10.5 Å². The molecule has 3 aliphatic carbocycles. The Labute approximate surface area is 313 Å². The molecule has 2 heterocycles. The molecule has 2 fully saturated rings. The highest BCUT2D eigenvalue weighted by molar-refractivity contribution is 7.92. The summed E-state index contributed by atoms with van der Waals surface area (Å²) in [6.07, 6.45) is 11.2. The van der Waals surface area contributed by atoms with Crippen molar-refractivity contribution in [2.45, 2.75) is 95.3 Å². The van der Waals surface area contributed by atoms with Gasteiger partial charge in [0.2, 0.25) is 0 Å². The van der Waals surface area contributed by atoms with Gasteiger partial charge in [0.05, 0.1) is 29.8 Å². The zero-order valence-electron chi connectivity index (χ0n) is 30.8. The van der Waals surface area contributed by atoms with Crippen molar-refractivity contribution < 1.29 is 28.0 Å². The van der Waals surface area contributed by atoms with Crippen molar-refractivity contribution in [3.8, 4) is 5.75 Å². The second-order valence-electron chi connectivity index (χ2n) is 16.0. The standard InChI is InChI=1S/C40H53ClN4O6S/c1-5-51-39(3)20-31(21-39)42-38(47)44-52(48)23-26(2)8-6-10-35(49-4)32-14-11-29(32)22-45-24-40(17-7-9-27-18-30(41)13-15-33(27)40)25-50-36-16-12-28(19-34(36)45)37(46)43-52/h6,10,12-13,15-16,18-19,26,29,31-32,35H,5,7-9,11,14,17,20-25H2,1-4H3,(H2,42,43,44,46,47,48)/b10-6-/t26-,29-,31?,32+,35?,39?,40-,52?/m0/s1. The summed E-state index contributed by atoms with van der Waals surface area (Å²) in [5, 5.41) is 3.66. The Balaban J connectivity index is 1.23. The quantitative estimate of drug-likeness (QED) is 0.310. The molecule has 2 N–H and O–H groups in total. The summed E-state index contributed by atoms with van der Waals surface area (Å²) in [5.74, 6) is 0.704. The van der Waals surface area contributed by atoms with Gasteiger partial charge in [-0.05, 0) is 124 Å². The number of hydrogen-bond acceptors (Lipinski definition) is 7. The third-order valence-corrected chi connectivity index (χ3v) is 14.2. The minimum Gasteiger partial charge on any atom is -0.490 e. The van der Waals surface area contributed by atoms with Gasteiger partial charge in [-0.1, -0.05) is 36.7 Å². The Morgan fingerprint density at radius 3 is 2.77 bits per heavy atom. The Kier molecular flexibility index (Phi) is 10.7. The van der Waals surface area contributed by atoms with Crippen molar-refractivity contribution in [2.75, 3.05) is 44.1 Å². The molecule has 282 valence electrons. The third kappa shape index (κ3) is 7.74. The van der Waals surface area contributed by atoms with Crippen molar-refractivity contribution >= 4 is 39.1 Å². The number of ether oxygens (including phenoxy) is 3. The number of carbonyl (C=O) groups is 2. The molecule has 0 aromatic heterocycles. The van der Waals surface area contributed by atoms with E-state index < -0.39 is 21.9 Å². The van der Waals surface area contributed by atoms with E-state index in [0.717, 1.165) is 55.9 Å². The van der Waals surface area contributed by atoms with E-state index in [0.29, 0.717) is 55.6 Å². The number of fused-ring (bicyclic) bond motifs is 4. The lowest BCUT2D eigenvalue weighted by molar-refractivity contribution is -0.0940. The maximum atomic E-state index is 14.5. The average molecular weight is 753 g/mol. The van der Waals surface area contributed by atoms with Crippen LogP contribution in [0.3, 0.4) is 0 Å². The van der Waals surface area contributed by atoms with Gasteiger partial charge in [-0.3, -0.25) is 9.52 Å². The van der Waals surface area contributed by atoms with Crippen LogP contribution < -0.4 is 19.7 Å². The van der Waals surface area contributed by atoms with Crippen molar-refractivity contribution in [3.63, 3.8) is 0 Å². The van der Waals surface area contributed by atoms with E-state index in [1.165, 1.54) is 11.1 Å². The maximum absolute atomic E-state index is 14.5. The molecule has 0 saturated heterocycles. The molecule has 1 spiro atoms. The fourth-order valence-corrected chi connectivity index (χ4v) is 11.3. The smallest absolute Gasteiger partial charge is 0.327 e. The maximum Gasteiger partial charge on any atom is 0.327 e. The van der Waals surface area contributed by atoms with Crippen LogP contribution in [0.15, 0.2) is 52.9 Å². The molecule has 2 aliphatic heterocycles. The number of carbonyl (C=O) groups excluding carboxylic acids is 2. The molecule has 2 aromatic carbocycles. The molecular weight excluding hydrogens is 700 g/mol. The predicted molar refractivity (Wildman–Crippen MR) is 205 cm³/mol. The van der Waals surface area contributed by atoms with E-state index in [1.807, 2.05) is 39.0 Å². The lowest BCUT2D eigenvalue weighted by Crippen LogP contribution is -2.57. The Morgan fingerprint density at radius 2 is 2.02 bits per heavy atom. The Bertz CT molecular complexity index is 1840. The van der Waals surface area contributed by atoms with Gasteiger partial charge < -0.3 is 24.4 Å². The van der Waals surface area contributed by atoms with Gasteiger partial charge in [-0.15, -0.1) is 4.36 Å². The SMILES string of the molecule is CCOC1(C)CC(NC(=O)NS2(=O)=NC(=O)c3ccc4c(c3)N(C[C@@H]3CC[C@H]3C(OC)/C=C\C[C@H](C)C2)C[C@@]2(CCCc3cc(Cl)ccc32)CO4)C1. The first-order valence-corrected chi connectivity index (χ1v) is 21.0. The molecule has 2 saturated carbocycles. The number of nitrogens with zero attached hydrogens (tertiary/aromatic N) is 2. The molecule has 52 heavy (non-hydrogen) atoms. The highest BCUT2D eigenvalue weighted by Crippen LogP contribution is 2.47. The molecule has 5 aliphatic rings. The predicted octanol–water partition coefficient (Wildman–Crippen LogP) is 7.23. The third-order valence-electron chi connectivity index (χ3n) is 12.0. The molecular formula is C40H53ClN4O6S. The molecule has 2 aromatic rings. The van der Waals surface area contributed by atoms with Crippen LogP contribution in [-0.2, 0) is 31.2 Å². The number of halogens is 1. The number of nitrogens with one attached hydrogen (secondary N) is 2. The molecule has 7 rings (SSSR count). The molecule has 2 bridgehead atoms. The number of rotatable bonds is 5. The summed E-state index contributed by atoms with van der Waals surface area (Å²) in [5.41, 5.74) is 3.14. The normalized spacial score (nSPS) is 35.0. The van der Waals surface area contributed by atoms with E-state index in [2.05, 4.69) is 43.6 Å². The topological polar surface area (TPSA) is 119 Å². The fraction of sp³-hybridized carbons (Fsp3) is 0.600. The van der Waals surface area contributed by atoms with Crippen LogP contribution >= 0.6 is 11.6 Å². The van der Waals surface area contributed by atoms with Crippen LogP contribution in [0.5, 0.6) is 5.75 Å². The van der Waals surface area contributed by atoms with Gasteiger partial charge in [0.25, 0.3) is 5.91 Å². The molecule has 6 atom stereocenters. The van der Waals surface area contributed by atoms with Gasteiger partial charge in [0.15, 0.2) is 0 Å². The van der Waals surface area contributed by atoms with E-state index >= 15 is 0 Å². The number of aryl methyl sites for hydroxylation is 1. The first-order valence-electron chi connectivity index (χ1n) is 18.9. The van der Waals surface area contributed by atoms with E-state index in [1.54, 1.807) is 13.2 Å². The zero-order valence-corrected chi connectivity index (χ0v) is 32.4. The second-order valence-corrected chi connectivity index (χ2v) is 18.5. The average Bonchev–Trinajstić information content (AvgIpc) is 3.21. The van der Waals surface area contributed by atoms with E-state index in [4.69, 9.17) is 25.8 Å². The van der Waals surface area contributed by atoms with Crippen molar-refractivity contribution in [1.82, 2.24) is 10.0 Å². The van der Waals surface area contributed by atoms with E-state index in [9.17, 15) is 13.8 Å². The summed E-state index contributed by atoms with van der Waals surface area (Å²) < 4.78 is 40.0. The lowest BCUT2D eigenvalue weighted by atomic mass is 9.68. The number of allylic oxidation sites excluding steroid dienone is 1. The summed E-state index contributed by atoms with van der Waals surface area (Å²) in [7, 11) is -1.73. The number of amides is 3. The van der Waals surface area contributed by atoms with Crippen LogP contribution in [0, 0.1) is 17.8 Å². The number of anilines is 1. The number of methoxy groups -OCH3 is 1. The number of benzene rings is 2. The minimum absolute atomic E-state index is 0.0215. The first kappa shape index (κ1) is 37.2. The Morgan fingerprint density at radius 1 is 1.19 bits per heavy atom. The molecule has 0 radical (unpaired) electrons. The highest BCUT2D eigenvalue weighted by atomic mass is 35.5. The van der Waals surface area contributed by atoms with Gasteiger partial charge in [-0.2, -0.15) is 0 Å². The van der Waals surface area contributed by atoms with Crippen LogP contribution in [0.1, 0.15) is 87.2 Å². The van der Waals surface area contributed by atoms with Gasteiger partial charge in [0.1, 0.15) is 15.7 Å². The monoisotopic (exact) mass is 752 g/mol. The second kappa shape index (κ2) is 15.0. The number of urea groups is 1. The van der Waals surface area contributed by atoms with Crippen molar-refractivity contribution in [3.05, 3.63) is 70.3 Å². The van der Waals surface area contributed by atoms with Crippen LogP contribution in [-0.4, -0.2) is 73.1 Å². The van der Waals surface area contributed by atoms with Crippen molar-refractivity contribution in [1.29, 1.82) is 0 Å². The first-order chi connectivity index (χ1) is 24.9. The molecule has 3 amide bonds. The van der Waals surface area contributed by atoms with Crippen LogP contribution in [0.2, 0.25) is 5.02 Å². The van der Waals surface area contributed by atoms with Crippen LogP contribution in [0.25, 0.3) is 0 Å². The zero-order chi connectivity index (χ0) is 36.7. The van der Waals surface area contributed by atoms with E-state index in [-0.39, 0.29) is 34.8 Å². The minimum atomic E-state index is -3.50.